The Bertz CT molecular complexity index is 546. The van der Waals surface area contributed by atoms with Crippen LogP contribution in [0.2, 0.25) is 0 Å². The number of amides is 1. The van der Waals surface area contributed by atoms with Crippen LogP contribution in [0.1, 0.15) is 45.6 Å². The van der Waals surface area contributed by atoms with Crippen molar-refractivity contribution in [2.24, 2.45) is 0 Å². The Labute approximate surface area is 135 Å². The molecule has 1 aromatic rings. The SMILES string of the molecule is CC(C)(C)OC(=O)NC1(CNCc2cc(F)cc(F)c2)CCC1. The van der Waals surface area contributed by atoms with Crippen molar-refractivity contribution in [3.63, 3.8) is 0 Å². The van der Waals surface area contributed by atoms with Crippen molar-refractivity contribution in [3.8, 4) is 0 Å². The molecule has 0 radical (unpaired) electrons. The summed E-state index contributed by atoms with van der Waals surface area (Å²) in [5.74, 6) is -1.18. The summed E-state index contributed by atoms with van der Waals surface area (Å²) in [6, 6.07) is 3.44. The minimum Gasteiger partial charge on any atom is -0.444 e. The van der Waals surface area contributed by atoms with Crippen molar-refractivity contribution in [1.29, 1.82) is 0 Å². The highest BCUT2D eigenvalue weighted by Gasteiger charge is 2.39. The fourth-order valence-electron chi connectivity index (χ4n) is 2.63. The number of carbonyl (C=O) groups is 1. The summed E-state index contributed by atoms with van der Waals surface area (Å²) in [6.45, 7) is 6.32. The molecule has 0 saturated heterocycles. The molecule has 1 aliphatic rings. The van der Waals surface area contributed by atoms with E-state index in [0.29, 0.717) is 18.7 Å². The Morgan fingerprint density at radius 1 is 1.22 bits per heavy atom. The van der Waals surface area contributed by atoms with Gasteiger partial charge in [0.2, 0.25) is 0 Å². The van der Waals surface area contributed by atoms with Gasteiger partial charge in [-0.15, -0.1) is 0 Å². The number of alkyl carbamates (subject to hydrolysis) is 1. The van der Waals surface area contributed by atoms with E-state index < -0.39 is 23.3 Å². The van der Waals surface area contributed by atoms with Gasteiger partial charge >= 0.3 is 6.09 Å². The maximum atomic E-state index is 13.2. The Kier molecular flexibility index (Phi) is 5.24. The molecule has 1 amide bonds. The van der Waals surface area contributed by atoms with Gasteiger partial charge in [0.25, 0.3) is 0 Å². The molecule has 23 heavy (non-hydrogen) atoms. The van der Waals surface area contributed by atoms with Crippen LogP contribution in [-0.4, -0.2) is 23.8 Å². The third-order valence-electron chi connectivity index (χ3n) is 3.79. The van der Waals surface area contributed by atoms with Crippen LogP contribution in [-0.2, 0) is 11.3 Å². The van der Waals surface area contributed by atoms with Crippen molar-refractivity contribution < 1.29 is 18.3 Å². The molecule has 6 heteroatoms. The standard InChI is InChI=1S/C17H24F2N2O2/c1-16(2,3)23-15(22)21-17(5-4-6-17)11-20-10-12-7-13(18)9-14(19)8-12/h7-9,20H,4-6,10-11H2,1-3H3,(H,21,22). The molecule has 0 heterocycles. The van der Waals surface area contributed by atoms with E-state index in [2.05, 4.69) is 10.6 Å². The van der Waals surface area contributed by atoms with Crippen LogP contribution in [0.5, 0.6) is 0 Å². The van der Waals surface area contributed by atoms with Crippen molar-refractivity contribution in [3.05, 3.63) is 35.4 Å². The minimum atomic E-state index is -0.591. The largest absolute Gasteiger partial charge is 0.444 e. The van der Waals surface area contributed by atoms with Crippen molar-refractivity contribution in [2.75, 3.05) is 6.54 Å². The fourth-order valence-corrected chi connectivity index (χ4v) is 2.63. The quantitative estimate of drug-likeness (QED) is 0.871. The number of hydrogen-bond acceptors (Lipinski definition) is 3. The molecule has 0 unspecified atom stereocenters. The molecule has 2 rings (SSSR count). The number of hydrogen-bond donors (Lipinski definition) is 2. The normalized spacial score (nSPS) is 16.6. The maximum Gasteiger partial charge on any atom is 0.408 e. The molecular formula is C17H24F2N2O2. The first-order valence-corrected chi connectivity index (χ1v) is 7.84. The van der Waals surface area contributed by atoms with Gasteiger partial charge in [0.1, 0.15) is 17.2 Å². The zero-order chi connectivity index (χ0) is 17.1. The summed E-state index contributed by atoms with van der Waals surface area (Å²) >= 11 is 0. The predicted molar refractivity (Wildman–Crippen MR) is 84.0 cm³/mol. The van der Waals surface area contributed by atoms with Crippen LogP contribution in [0.25, 0.3) is 0 Å². The molecule has 0 aliphatic heterocycles. The molecule has 0 aromatic heterocycles. The van der Waals surface area contributed by atoms with Crippen molar-refractivity contribution in [1.82, 2.24) is 10.6 Å². The molecule has 0 spiro atoms. The van der Waals surface area contributed by atoms with E-state index in [-0.39, 0.29) is 5.54 Å². The average Bonchev–Trinajstić information content (AvgIpc) is 2.32. The summed E-state index contributed by atoms with van der Waals surface area (Å²) in [7, 11) is 0. The van der Waals surface area contributed by atoms with Gasteiger partial charge in [-0.05, 0) is 57.7 Å². The second-order valence-electron chi connectivity index (χ2n) is 7.14. The summed E-state index contributed by atoms with van der Waals surface area (Å²) in [5, 5.41) is 6.09. The number of halogens is 2. The number of carbonyl (C=O) groups excluding carboxylic acids is 1. The van der Waals surface area contributed by atoms with Crippen LogP contribution < -0.4 is 10.6 Å². The lowest BCUT2D eigenvalue weighted by atomic mass is 9.76. The molecule has 0 atom stereocenters. The molecule has 1 fully saturated rings. The summed E-state index contributed by atoms with van der Waals surface area (Å²) in [5.41, 5.74) is -0.343. The van der Waals surface area contributed by atoms with Crippen LogP contribution >= 0.6 is 0 Å². The molecule has 1 aliphatic carbocycles. The molecular weight excluding hydrogens is 302 g/mol. The van der Waals surface area contributed by atoms with Gasteiger partial charge in [0.05, 0.1) is 5.54 Å². The summed E-state index contributed by atoms with van der Waals surface area (Å²) in [6.07, 6.45) is 2.32. The van der Waals surface area contributed by atoms with Gasteiger partial charge in [0.15, 0.2) is 0 Å². The second-order valence-corrected chi connectivity index (χ2v) is 7.14. The zero-order valence-corrected chi connectivity index (χ0v) is 13.8. The van der Waals surface area contributed by atoms with Gasteiger partial charge < -0.3 is 15.4 Å². The predicted octanol–water partition coefficient (Wildman–Crippen LogP) is 3.50. The number of ether oxygens (including phenoxy) is 1. The topological polar surface area (TPSA) is 50.4 Å². The van der Waals surface area contributed by atoms with Crippen molar-refractivity contribution >= 4 is 6.09 Å². The average molecular weight is 326 g/mol. The number of rotatable bonds is 5. The highest BCUT2D eigenvalue weighted by Crippen LogP contribution is 2.31. The van der Waals surface area contributed by atoms with Crippen LogP contribution in [0.15, 0.2) is 18.2 Å². The number of nitrogens with one attached hydrogen (secondary N) is 2. The lowest BCUT2D eigenvalue weighted by Gasteiger charge is -2.42. The first-order valence-electron chi connectivity index (χ1n) is 7.84. The van der Waals surface area contributed by atoms with Gasteiger partial charge in [0, 0.05) is 19.2 Å². The smallest absolute Gasteiger partial charge is 0.408 e. The van der Waals surface area contributed by atoms with Crippen LogP contribution in [0.4, 0.5) is 13.6 Å². The second kappa shape index (κ2) is 6.83. The van der Waals surface area contributed by atoms with E-state index in [4.69, 9.17) is 4.74 Å². The Morgan fingerprint density at radius 3 is 2.30 bits per heavy atom. The van der Waals surface area contributed by atoms with E-state index in [1.54, 1.807) is 0 Å². The zero-order valence-electron chi connectivity index (χ0n) is 13.8. The van der Waals surface area contributed by atoms with Crippen LogP contribution in [0, 0.1) is 11.6 Å². The minimum absolute atomic E-state index is 0.339. The van der Waals surface area contributed by atoms with E-state index in [1.807, 2.05) is 20.8 Å². The molecule has 4 nitrogen and oxygen atoms in total. The van der Waals surface area contributed by atoms with Crippen LogP contribution in [0.3, 0.4) is 0 Å². The Hall–Kier alpha value is -1.69. The molecule has 128 valence electrons. The lowest BCUT2D eigenvalue weighted by molar-refractivity contribution is 0.0382. The lowest BCUT2D eigenvalue weighted by Crippen LogP contribution is -2.59. The first-order chi connectivity index (χ1) is 10.7. The molecule has 2 N–H and O–H groups in total. The number of benzene rings is 1. The van der Waals surface area contributed by atoms with E-state index >= 15 is 0 Å². The third kappa shape index (κ3) is 5.46. The highest BCUT2D eigenvalue weighted by atomic mass is 19.1. The summed E-state index contributed by atoms with van der Waals surface area (Å²) in [4.78, 5) is 11.9. The maximum absolute atomic E-state index is 13.2. The highest BCUT2D eigenvalue weighted by molar-refractivity contribution is 5.69. The molecule has 1 saturated carbocycles. The first kappa shape index (κ1) is 17.7. The third-order valence-corrected chi connectivity index (χ3v) is 3.79. The fraction of sp³-hybridized carbons (Fsp3) is 0.588. The molecule has 0 bridgehead atoms. The van der Waals surface area contributed by atoms with E-state index in [1.165, 1.54) is 12.1 Å². The summed E-state index contributed by atoms with van der Waals surface area (Å²) < 4.78 is 31.6. The Morgan fingerprint density at radius 2 is 1.83 bits per heavy atom. The van der Waals surface area contributed by atoms with E-state index in [0.717, 1.165) is 25.3 Å². The van der Waals surface area contributed by atoms with Gasteiger partial charge in [-0.1, -0.05) is 0 Å². The Balaban J connectivity index is 1.85. The van der Waals surface area contributed by atoms with Crippen molar-refractivity contribution in [2.45, 2.75) is 57.7 Å². The monoisotopic (exact) mass is 326 g/mol. The van der Waals surface area contributed by atoms with Gasteiger partial charge in [-0.2, -0.15) is 0 Å². The molecule has 1 aromatic carbocycles. The van der Waals surface area contributed by atoms with Gasteiger partial charge in [-0.3, -0.25) is 0 Å². The van der Waals surface area contributed by atoms with E-state index in [9.17, 15) is 13.6 Å². The van der Waals surface area contributed by atoms with Gasteiger partial charge in [-0.25, -0.2) is 13.6 Å².